The van der Waals surface area contributed by atoms with E-state index >= 15 is 0 Å². The van der Waals surface area contributed by atoms with Gasteiger partial charge in [0.2, 0.25) is 5.28 Å². The Labute approximate surface area is 162 Å². The van der Waals surface area contributed by atoms with E-state index in [2.05, 4.69) is 9.97 Å². The number of rotatable bonds is 4. The van der Waals surface area contributed by atoms with Gasteiger partial charge < -0.3 is 9.64 Å². The average Bonchev–Trinajstić information content (AvgIpc) is 3.44. The van der Waals surface area contributed by atoms with Gasteiger partial charge in [-0.2, -0.15) is 0 Å². The maximum Gasteiger partial charge on any atom is 0.224 e. The first-order valence-electron chi connectivity index (χ1n) is 8.73. The molecule has 27 heavy (non-hydrogen) atoms. The smallest absolute Gasteiger partial charge is 0.224 e. The van der Waals surface area contributed by atoms with Gasteiger partial charge in [0.25, 0.3) is 0 Å². The highest BCUT2D eigenvalue weighted by Gasteiger charge is 2.58. The molecule has 0 bridgehead atoms. The molecule has 6 nitrogen and oxygen atoms in total. The fourth-order valence-electron chi connectivity index (χ4n) is 3.49. The second-order valence-electron chi connectivity index (χ2n) is 6.95. The summed E-state index contributed by atoms with van der Waals surface area (Å²) in [6.07, 6.45) is 0.828. The van der Waals surface area contributed by atoms with Gasteiger partial charge in [-0.3, -0.25) is 0 Å². The van der Waals surface area contributed by atoms with Crippen LogP contribution in [-0.2, 0) is 19.3 Å². The zero-order chi connectivity index (χ0) is 19.2. The fourth-order valence-corrected chi connectivity index (χ4v) is 5.66. The van der Waals surface area contributed by atoms with Crippen LogP contribution in [0.15, 0.2) is 35.2 Å². The minimum Gasteiger partial charge on any atom is -0.377 e. The molecule has 4 rings (SSSR count). The summed E-state index contributed by atoms with van der Waals surface area (Å²) in [5.41, 5.74) is 0.362. The van der Waals surface area contributed by atoms with E-state index in [1.165, 1.54) is 18.2 Å². The second-order valence-corrected chi connectivity index (χ2v) is 9.55. The Morgan fingerprint density at radius 1 is 1.30 bits per heavy atom. The highest BCUT2D eigenvalue weighted by atomic mass is 35.5. The summed E-state index contributed by atoms with van der Waals surface area (Å²) in [6, 6.07) is 6.85. The van der Waals surface area contributed by atoms with Crippen molar-refractivity contribution < 1.29 is 17.5 Å². The summed E-state index contributed by atoms with van der Waals surface area (Å²) in [5, 5.41) is 0.00177. The van der Waals surface area contributed by atoms with E-state index < -0.39 is 20.4 Å². The van der Waals surface area contributed by atoms with E-state index in [9.17, 15) is 12.8 Å². The number of hydrogen-bond acceptors (Lipinski definition) is 6. The molecule has 0 spiro atoms. The van der Waals surface area contributed by atoms with Crippen LogP contribution < -0.4 is 4.90 Å². The Hall–Kier alpha value is -1.77. The van der Waals surface area contributed by atoms with E-state index in [0.717, 1.165) is 6.07 Å². The maximum atomic E-state index is 13.6. The van der Waals surface area contributed by atoms with E-state index in [0.29, 0.717) is 44.1 Å². The lowest BCUT2D eigenvalue weighted by Gasteiger charge is -2.34. The molecule has 1 aliphatic heterocycles. The number of morpholine rings is 1. The molecular weight excluding hydrogens is 393 g/mol. The van der Waals surface area contributed by atoms with Crippen LogP contribution in [-0.4, -0.2) is 44.2 Å². The Kier molecular flexibility index (Phi) is 4.60. The summed E-state index contributed by atoms with van der Waals surface area (Å²) in [6.45, 7) is 3.76. The third-order valence-corrected chi connectivity index (χ3v) is 7.83. The standard InChI is InChI=1S/C18H19ClFN3O3S/c1-12-11-26-8-7-23(12)16-10-15(21-17(19)22-16)18(5-6-18)27(24,25)14-4-2-3-13(20)9-14/h2-4,9-10,12H,5-8,11H2,1H3/t12-/m0/s1. The molecule has 2 aromatic rings. The molecule has 1 atom stereocenters. The van der Waals surface area contributed by atoms with E-state index in [1.807, 2.05) is 11.8 Å². The van der Waals surface area contributed by atoms with Crippen LogP contribution in [0.3, 0.4) is 0 Å². The highest BCUT2D eigenvalue weighted by Crippen LogP contribution is 2.55. The van der Waals surface area contributed by atoms with E-state index in [-0.39, 0.29) is 16.2 Å². The van der Waals surface area contributed by atoms with Crippen LogP contribution in [0.1, 0.15) is 25.5 Å². The Morgan fingerprint density at radius 3 is 2.74 bits per heavy atom. The number of halogens is 2. The molecule has 0 radical (unpaired) electrons. The van der Waals surface area contributed by atoms with Crippen molar-refractivity contribution in [1.29, 1.82) is 0 Å². The number of ether oxygens (including phenoxy) is 1. The maximum absolute atomic E-state index is 13.6. The summed E-state index contributed by atoms with van der Waals surface area (Å²) in [7, 11) is -3.81. The Balaban J connectivity index is 1.77. The number of hydrogen-bond donors (Lipinski definition) is 0. The first kappa shape index (κ1) is 18.6. The van der Waals surface area contributed by atoms with Gasteiger partial charge in [-0.1, -0.05) is 6.07 Å². The van der Waals surface area contributed by atoms with Crippen LogP contribution in [0.4, 0.5) is 10.2 Å². The number of aromatic nitrogens is 2. The first-order chi connectivity index (χ1) is 12.8. The van der Waals surface area contributed by atoms with Crippen LogP contribution in [0, 0.1) is 5.82 Å². The van der Waals surface area contributed by atoms with Gasteiger partial charge in [-0.25, -0.2) is 22.8 Å². The van der Waals surface area contributed by atoms with Gasteiger partial charge in [0.05, 0.1) is 29.8 Å². The van der Waals surface area contributed by atoms with Crippen molar-refractivity contribution in [3.8, 4) is 0 Å². The molecule has 0 unspecified atom stereocenters. The van der Waals surface area contributed by atoms with Gasteiger partial charge >= 0.3 is 0 Å². The lowest BCUT2D eigenvalue weighted by Crippen LogP contribution is -2.44. The lowest BCUT2D eigenvalue weighted by atomic mass is 10.2. The number of sulfone groups is 1. The average molecular weight is 412 g/mol. The predicted molar refractivity (Wildman–Crippen MR) is 99.2 cm³/mol. The number of nitrogens with zero attached hydrogens (tertiary/aromatic N) is 3. The summed E-state index contributed by atoms with van der Waals surface area (Å²) in [4.78, 5) is 10.5. The Bertz CT molecular complexity index is 982. The predicted octanol–water partition coefficient (Wildman–Crippen LogP) is 2.96. The SMILES string of the molecule is C[C@H]1COCCN1c1cc(C2(S(=O)(=O)c3cccc(F)c3)CC2)nc(Cl)n1. The first-order valence-corrected chi connectivity index (χ1v) is 10.6. The minimum atomic E-state index is -3.81. The second kappa shape index (κ2) is 6.68. The molecule has 2 aliphatic rings. The fraction of sp³-hybridized carbons (Fsp3) is 0.444. The van der Waals surface area contributed by atoms with Crippen molar-refractivity contribution in [3.63, 3.8) is 0 Å². The van der Waals surface area contributed by atoms with Gasteiger partial charge in [0.15, 0.2) is 9.84 Å². The van der Waals surface area contributed by atoms with Crippen molar-refractivity contribution in [2.75, 3.05) is 24.7 Å². The molecule has 9 heteroatoms. The molecule has 0 N–H and O–H groups in total. The van der Waals surface area contributed by atoms with Gasteiger partial charge in [-0.15, -0.1) is 0 Å². The summed E-state index contributed by atoms with van der Waals surface area (Å²) < 4.78 is 44.3. The van der Waals surface area contributed by atoms with Crippen molar-refractivity contribution in [2.24, 2.45) is 0 Å². The molecule has 1 aromatic carbocycles. The van der Waals surface area contributed by atoms with E-state index in [1.54, 1.807) is 6.07 Å². The lowest BCUT2D eigenvalue weighted by molar-refractivity contribution is 0.0985. The quantitative estimate of drug-likeness (QED) is 0.720. The molecule has 1 aromatic heterocycles. The minimum absolute atomic E-state index is 0.00177. The summed E-state index contributed by atoms with van der Waals surface area (Å²) in [5.74, 6) is -0.00283. The van der Waals surface area contributed by atoms with Crippen LogP contribution in [0.25, 0.3) is 0 Å². The molecule has 1 saturated heterocycles. The topological polar surface area (TPSA) is 72.4 Å². The zero-order valence-corrected chi connectivity index (χ0v) is 16.3. The van der Waals surface area contributed by atoms with Crippen molar-refractivity contribution in [2.45, 2.75) is 35.4 Å². The van der Waals surface area contributed by atoms with Gasteiger partial charge in [0, 0.05) is 12.6 Å². The molecule has 1 saturated carbocycles. The normalized spacial score (nSPS) is 21.9. The van der Waals surface area contributed by atoms with Gasteiger partial charge in [-0.05, 0) is 49.6 Å². The Morgan fingerprint density at radius 2 is 2.07 bits per heavy atom. The molecule has 2 heterocycles. The molecular formula is C18H19ClFN3O3S. The summed E-state index contributed by atoms with van der Waals surface area (Å²) >= 11 is 6.14. The number of benzene rings is 1. The third-order valence-electron chi connectivity index (χ3n) is 5.14. The molecule has 144 valence electrons. The molecule has 1 aliphatic carbocycles. The largest absolute Gasteiger partial charge is 0.377 e. The van der Waals surface area contributed by atoms with Crippen molar-refractivity contribution in [1.82, 2.24) is 9.97 Å². The van der Waals surface area contributed by atoms with E-state index in [4.69, 9.17) is 16.3 Å². The van der Waals surface area contributed by atoms with Crippen LogP contribution in [0.2, 0.25) is 5.28 Å². The monoisotopic (exact) mass is 411 g/mol. The van der Waals surface area contributed by atoms with Crippen LogP contribution >= 0.6 is 11.6 Å². The van der Waals surface area contributed by atoms with Crippen molar-refractivity contribution >= 4 is 27.3 Å². The molecule has 0 amide bonds. The van der Waals surface area contributed by atoms with Crippen molar-refractivity contribution in [3.05, 3.63) is 47.1 Å². The zero-order valence-electron chi connectivity index (χ0n) is 14.7. The van der Waals surface area contributed by atoms with Gasteiger partial charge in [0.1, 0.15) is 16.4 Å². The third kappa shape index (κ3) is 3.19. The number of anilines is 1. The molecule has 2 fully saturated rings. The van der Waals surface area contributed by atoms with Crippen LogP contribution in [0.5, 0.6) is 0 Å². The highest BCUT2D eigenvalue weighted by molar-refractivity contribution is 7.92.